The summed E-state index contributed by atoms with van der Waals surface area (Å²) in [6, 6.07) is 1.84. The lowest BCUT2D eigenvalue weighted by Crippen LogP contribution is -2.20. The molecule has 1 aliphatic heterocycles. The Morgan fingerprint density at radius 1 is 1.44 bits per heavy atom. The summed E-state index contributed by atoms with van der Waals surface area (Å²) in [5.74, 6) is 1.00. The molecule has 5 nitrogen and oxygen atoms in total. The monoisotopic (exact) mass is 221 g/mol. The van der Waals surface area contributed by atoms with Crippen LogP contribution in [0, 0.1) is 5.92 Å². The van der Waals surface area contributed by atoms with Gasteiger partial charge in [0, 0.05) is 6.54 Å². The van der Waals surface area contributed by atoms with Gasteiger partial charge in [0.15, 0.2) is 5.82 Å². The zero-order valence-corrected chi connectivity index (χ0v) is 9.69. The maximum Gasteiger partial charge on any atom is 0.169 e. The molecule has 88 valence electrons. The fourth-order valence-electron chi connectivity index (χ4n) is 2.22. The Balaban J connectivity index is 1.97. The molecule has 1 atom stereocenters. The standard InChI is InChI=1S/C11H19N5/c1-2-16-4-3-8(7-16)5-9-6-10(12)11(13)15-14-9/h6,8H,2-5,7H2,1H3,(H2,12,14)(H2,13,15). The molecule has 0 aliphatic carbocycles. The Bertz CT molecular complexity index is 365. The zero-order chi connectivity index (χ0) is 11.5. The second-order valence-corrected chi connectivity index (χ2v) is 4.43. The van der Waals surface area contributed by atoms with E-state index in [1.54, 1.807) is 0 Å². The third-order valence-electron chi connectivity index (χ3n) is 3.22. The normalized spacial score (nSPS) is 21.4. The van der Waals surface area contributed by atoms with E-state index >= 15 is 0 Å². The molecule has 2 rings (SSSR count). The molecule has 2 heterocycles. The van der Waals surface area contributed by atoms with E-state index in [2.05, 4.69) is 22.0 Å². The van der Waals surface area contributed by atoms with Crippen LogP contribution in [-0.2, 0) is 6.42 Å². The minimum absolute atomic E-state index is 0.324. The molecule has 1 aromatic rings. The van der Waals surface area contributed by atoms with Gasteiger partial charge in [-0.15, -0.1) is 5.10 Å². The zero-order valence-electron chi connectivity index (χ0n) is 9.69. The topological polar surface area (TPSA) is 81.1 Å². The van der Waals surface area contributed by atoms with E-state index in [-0.39, 0.29) is 0 Å². The molecule has 0 aromatic carbocycles. The summed E-state index contributed by atoms with van der Waals surface area (Å²) in [6.45, 7) is 5.68. The van der Waals surface area contributed by atoms with Crippen molar-refractivity contribution in [3.8, 4) is 0 Å². The van der Waals surface area contributed by atoms with E-state index in [0.29, 0.717) is 17.4 Å². The summed E-state index contributed by atoms with van der Waals surface area (Å²) in [4.78, 5) is 2.46. The van der Waals surface area contributed by atoms with Crippen LogP contribution in [0.2, 0.25) is 0 Å². The number of hydrogen-bond donors (Lipinski definition) is 2. The quantitative estimate of drug-likeness (QED) is 0.778. The van der Waals surface area contributed by atoms with Crippen molar-refractivity contribution in [1.29, 1.82) is 0 Å². The molecule has 1 saturated heterocycles. The van der Waals surface area contributed by atoms with Crippen molar-refractivity contribution in [2.45, 2.75) is 19.8 Å². The lowest BCUT2D eigenvalue weighted by molar-refractivity contribution is 0.341. The maximum absolute atomic E-state index is 5.71. The molecule has 5 heteroatoms. The molecule has 0 radical (unpaired) electrons. The van der Waals surface area contributed by atoms with Crippen LogP contribution in [0.3, 0.4) is 0 Å². The SMILES string of the molecule is CCN1CCC(Cc2cc(N)c(N)nn2)C1. The van der Waals surface area contributed by atoms with Crippen molar-refractivity contribution in [3.05, 3.63) is 11.8 Å². The lowest BCUT2D eigenvalue weighted by Gasteiger charge is -2.12. The number of aromatic nitrogens is 2. The number of nitrogen functional groups attached to an aromatic ring is 2. The number of nitrogens with two attached hydrogens (primary N) is 2. The van der Waals surface area contributed by atoms with Crippen molar-refractivity contribution < 1.29 is 0 Å². The lowest BCUT2D eigenvalue weighted by atomic mass is 10.0. The van der Waals surface area contributed by atoms with Gasteiger partial charge in [0.2, 0.25) is 0 Å². The second kappa shape index (κ2) is 4.65. The van der Waals surface area contributed by atoms with E-state index in [4.69, 9.17) is 11.5 Å². The molecule has 1 aliphatic rings. The van der Waals surface area contributed by atoms with E-state index in [1.807, 2.05) is 6.07 Å². The first-order valence-corrected chi connectivity index (χ1v) is 5.79. The average Bonchev–Trinajstić information content (AvgIpc) is 2.71. The highest BCUT2D eigenvalue weighted by atomic mass is 15.2. The molecule has 0 spiro atoms. The van der Waals surface area contributed by atoms with Crippen LogP contribution in [-0.4, -0.2) is 34.7 Å². The van der Waals surface area contributed by atoms with Gasteiger partial charge in [-0.1, -0.05) is 6.92 Å². The van der Waals surface area contributed by atoms with Crippen LogP contribution in [0.25, 0.3) is 0 Å². The molecule has 0 bridgehead atoms. The van der Waals surface area contributed by atoms with Crippen molar-refractivity contribution in [1.82, 2.24) is 15.1 Å². The smallest absolute Gasteiger partial charge is 0.169 e. The summed E-state index contributed by atoms with van der Waals surface area (Å²) < 4.78 is 0. The molecule has 0 amide bonds. The van der Waals surface area contributed by atoms with Gasteiger partial charge in [0.25, 0.3) is 0 Å². The molecule has 4 N–H and O–H groups in total. The van der Waals surface area contributed by atoms with Crippen LogP contribution in [0.5, 0.6) is 0 Å². The third kappa shape index (κ3) is 2.41. The van der Waals surface area contributed by atoms with Gasteiger partial charge in [-0.3, -0.25) is 0 Å². The van der Waals surface area contributed by atoms with Crippen LogP contribution >= 0.6 is 0 Å². The van der Waals surface area contributed by atoms with Crippen LogP contribution < -0.4 is 11.5 Å². The first kappa shape index (κ1) is 11.1. The highest BCUT2D eigenvalue weighted by Gasteiger charge is 2.21. The molecule has 1 fully saturated rings. The fourth-order valence-corrected chi connectivity index (χ4v) is 2.22. The molecule has 16 heavy (non-hydrogen) atoms. The van der Waals surface area contributed by atoms with E-state index in [9.17, 15) is 0 Å². The van der Waals surface area contributed by atoms with Crippen molar-refractivity contribution >= 4 is 11.5 Å². The predicted octanol–water partition coefficient (Wildman–Crippen LogP) is 0.525. The van der Waals surface area contributed by atoms with Crippen LogP contribution in [0.1, 0.15) is 19.0 Å². The van der Waals surface area contributed by atoms with Gasteiger partial charge >= 0.3 is 0 Å². The maximum atomic E-state index is 5.71. The van der Waals surface area contributed by atoms with Gasteiger partial charge < -0.3 is 16.4 Å². The molecular weight excluding hydrogens is 202 g/mol. The first-order chi connectivity index (χ1) is 7.69. The predicted molar refractivity (Wildman–Crippen MR) is 64.8 cm³/mol. The van der Waals surface area contributed by atoms with Gasteiger partial charge in [0.05, 0.1) is 11.4 Å². The Hall–Kier alpha value is -1.36. The van der Waals surface area contributed by atoms with Crippen LogP contribution in [0.15, 0.2) is 6.07 Å². The minimum atomic E-state index is 0.324. The van der Waals surface area contributed by atoms with Crippen LogP contribution in [0.4, 0.5) is 11.5 Å². The van der Waals surface area contributed by atoms with Gasteiger partial charge in [-0.05, 0) is 37.9 Å². The number of rotatable bonds is 3. The fraction of sp³-hybridized carbons (Fsp3) is 0.636. The van der Waals surface area contributed by atoms with Gasteiger partial charge in [-0.25, -0.2) is 0 Å². The Labute approximate surface area is 95.8 Å². The average molecular weight is 221 g/mol. The van der Waals surface area contributed by atoms with Gasteiger partial charge in [0.1, 0.15) is 0 Å². The van der Waals surface area contributed by atoms with E-state index in [1.165, 1.54) is 13.0 Å². The summed E-state index contributed by atoms with van der Waals surface area (Å²) in [5.41, 5.74) is 12.7. The molecule has 1 unspecified atom stereocenters. The van der Waals surface area contributed by atoms with E-state index in [0.717, 1.165) is 25.2 Å². The minimum Gasteiger partial charge on any atom is -0.396 e. The second-order valence-electron chi connectivity index (χ2n) is 4.43. The Morgan fingerprint density at radius 3 is 2.88 bits per heavy atom. The number of anilines is 2. The molecule has 1 aromatic heterocycles. The van der Waals surface area contributed by atoms with E-state index < -0.39 is 0 Å². The third-order valence-corrected chi connectivity index (χ3v) is 3.22. The van der Waals surface area contributed by atoms with Crippen molar-refractivity contribution in [2.75, 3.05) is 31.1 Å². The summed E-state index contributed by atoms with van der Waals surface area (Å²) in [6.07, 6.45) is 2.19. The largest absolute Gasteiger partial charge is 0.396 e. The number of hydrogen-bond acceptors (Lipinski definition) is 5. The summed E-state index contributed by atoms with van der Waals surface area (Å²) in [5, 5.41) is 7.93. The van der Waals surface area contributed by atoms with Gasteiger partial charge in [-0.2, -0.15) is 5.10 Å². The highest BCUT2D eigenvalue weighted by Crippen LogP contribution is 2.21. The Morgan fingerprint density at radius 2 is 2.25 bits per heavy atom. The van der Waals surface area contributed by atoms with Crippen molar-refractivity contribution in [3.63, 3.8) is 0 Å². The molecular formula is C11H19N5. The summed E-state index contributed by atoms with van der Waals surface area (Å²) >= 11 is 0. The van der Waals surface area contributed by atoms with Crippen molar-refractivity contribution in [2.24, 2.45) is 5.92 Å². The highest BCUT2D eigenvalue weighted by molar-refractivity contribution is 5.57. The molecule has 0 saturated carbocycles. The number of likely N-dealkylation sites (tertiary alicyclic amines) is 1. The number of nitrogens with zero attached hydrogens (tertiary/aromatic N) is 3. The summed E-state index contributed by atoms with van der Waals surface area (Å²) in [7, 11) is 0. The first-order valence-electron chi connectivity index (χ1n) is 5.79. The Kier molecular flexibility index (Phi) is 3.24.